The molecule has 0 bridgehead atoms. The molecule has 0 unspecified atom stereocenters. The van der Waals surface area contributed by atoms with Gasteiger partial charge in [0, 0.05) is 21.8 Å². The molecule has 2 aromatic rings. The quantitative estimate of drug-likeness (QED) is 0.455. The lowest BCUT2D eigenvalue weighted by Crippen LogP contribution is -2.34. The lowest BCUT2D eigenvalue weighted by molar-refractivity contribution is -0.385. The molecule has 124 valence electrons. The number of hydrogen-bond acceptors (Lipinski definition) is 5. The number of amides is 1. The van der Waals surface area contributed by atoms with Crippen molar-refractivity contribution in [3.8, 4) is 5.75 Å². The van der Waals surface area contributed by atoms with Gasteiger partial charge in [-0.3, -0.25) is 20.2 Å². The molecular weight excluding hydrogens is 398 g/mol. The molecule has 0 radical (unpaired) electrons. The summed E-state index contributed by atoms with van der Waals surface area (Å²) in [7, 11) is 1.32. The third kappa shape index (κ3) is 4.49. The number of nitro benzene ring substituents is 1. The van der Waals surface area contributed by atoms with Gasteiger partial charge in [-0.2, -0.15) is 0 Å². The second-order valence-electron chi connectivity index (χ2n) is 4.56. The highest BCUT2D eigenvalue weighted by Gasteiger charge is 2.18. The summed E-state index contributed by atoms with van der Waals surface area (Å²) in [4.78, 5) is 22.5. The minimum Gasteiger partial charge on any atom is -0.490 e. The number of hydrogen-bond donors (Lipinski definition) is 2. The molecule has 0 fully saturated rings. The summed E-state index contributed by atoms with van der Waals surface area (Å²) in [6, 6.07) is 11.1. The third-order valence-corrected chi connectivity index (χ3v) is 3.70. The van der Waals surface area contributed by atoms with Crippen molar-refractivity contribution in [2.75, 3.05) is 12.4 Å². The number of carbonyl (C=O) groups is 1. The number of benzene rings is 2. The van der Waals surface area contributed by atoms with Crippen LogP contribution in [0.5, 0.6) is 5.75 Å². The van der Waals surface area contributed by atoms with Crippen LogP contribution in [0.4, 0.5) is 11.4 Å². The van der Waals surface area contributed by atoms with Gasteiger partial charge in [-0.1, -0.05) is 15.9 Å². The Morgan fingerprint density at radius 1 is 1.25 bits per heavy atom. The third-order valence-electron chi connectivity index (χ3n) is 2.97. The molecule has 0 heterocycles. The first-order chi connectivity index (χ1) is 11.4. The Kier molecular flexibility index (Phi) is 5.83. The SMILES string of the molecule is COc1ccc(C(=O)NC(=S)Nc2ccc(Br)cc2)cc1[N+](=O)[O-]. The van der Waals surface area contributed by atoms with E-state index in [-0.39, 0.29) is 22.1 Å². The summed E-state index contributed by atoms with van der Waals surface area (Å²) >= 11 is 8.38. The second kappa shape index (κ2) is 7.84. The maximum Gasteiger partial charge on any atom is 0.311 e. The molecule has 2 rings (SSSR count). The normalized spacial score (nSPS) is 9.92. The average molecular weight is 410 g/mol. The average Bonchev–Trinajstić information content (AvgIpc) is 2.56. The number of halogens is 1. The Morgan fingerprint density at radius 2 is 1.92 bits per heavy atom. The zero-order valence-electron chi connectivity index (χ0n) is 12.4. The van der Waals surface area contributed by atoms with Crippen LogP contribution in [0.25, 0.3) is 0 Å². The van der Waals surface area contributed by atoms with Crippen molar-refractivity contribution < 1.29 is 14.5 Å². The van der Waals surface area contributed by atoms with Crippen LogP contribution < -0.4 is 15.4 Å². The first-order valence-corrected chi connectivity index (χ1v) is 7.81. The molecule has 0 atom stereocenters. The van der Waals surface area contributed by atoms with E-state index in [1.165, 1.54) is 19.2 Å². The van der Waals surface area contributed by atoms with Crippen LogP contribution in [0, 0.1) is 10.1 Å². The van der Waals surface area contributed by atoms with Gasteiger partial charge in [0.1, 0.15) is 0 Å². The number of rotatable bonds is 4. The first-order valence-electron chi connectivity index (χ1n) is 6.61. The van der Waals surface area contributed by atoms with Crippen molar-refractivity contribution in [2.45, 2.75) is 0 Å². The molecule has 2 N–H and O–H groups in total. The fourth-order valence-electron chi connectivity index (χ4n) is 1.84. The van der Waals surface area contributed by atoms with E-state index in [9.17, 15) is 14.9 Å². The van der Waals surface area contributed by atoms with Crippen molar-refractivity contribution in [2.24, 2.45) is 0 Å². The van der Waals surface area contributed by atoms with Crippen LogP contribution in [0.3, 0.4) is 0 Å². The van der Waals surface area contributed by atoms with E-state index < -0.39 is 10.8 Å². The molecular formula is C15H12BrN3O4S. The Balaban J connectivity index is 2.08. The van der Waals surface area contributed by atoms with Gasteiger partial charge in [0.15, 0.2) is 10.9 Å². The lowest BCUT2D eigenvalue weighted by Gasteiger charge is -2.10. The van der Waals surface area contributed by atoms with Gasteiger partial charge in [-0.15, -0.1) is 0 Å². The number of carbonyl (C=O) groups excluding carboxylic acids is 1. The van der Waals surface area contributed by atoms with Gasteiger partial charge in [0.2, 0.25) is 0 Å². The van der Waals surface area contributed by atoms with E-state index in [1.54, 1.807) is 12.1 Å². The molecule has 0 aliphatic carbocycles. The van der Waals surface area contributed by atoms with E-state index in [0.29, 0.717) is 5.69 Å². The van der Waals surface area contributed by atoms with Gasteiger partial charge in [0.25, 0.3) is 5.91 Å². The van der Waals surface area contributed by atoms with Crippen LogP contribution in [0.1, 0.15) is 10.4 Å². The maximum absolute atomic E-state index is 12.2. The lowest BCUT2D eigenvalue weighted by atomic mass is 10.2. The number of methoxy groups -OCH3 is 1. The summed E-state index contributed by atoms with van der Waals surface area (Å²) in [6.45, 7) is 0. The topological polar surface area (TPSA) is 93.5 Å². The van der Waals surface area contributed by atoms with E-state index >= 15 is 0 Å². The predicted molar refractivity (Wildman–Crippen MR) is 97.5 cm³/mol. The largest absolute Gasteiger partial charge is 0.490 e. The van der Waals surface area contributed by atoms with Crippen molar-refractivity contribution in [3.63, 3.8) is 0 Å². The number of nitrogens with zero attached hydrogens (tertiary/aromatic N) is 1. The fourth-order valence-corrected chi connectivity index (χ4v) is 2.32. The molecule has 7 nitrogen and oxygen atoms in total. The van der Waals surface area contributed by atoms with Crippen LogP contribution >= 0.6 is 28.1 Å². The fraction of sp³-hybridized carbons (Fsp3) is 0.0667. The highest BCUT2D eigenvalue weighted by Crippen LogP contribution is 2.27. The summed E-state index contributed by atoms with van der Waals surface area (Å²) in [5, 5.41) is 16.4. The summed E-state index contributed by atoms with van der Waals surface area (Å²) in [5.41, 5.74) is 0.503. The Morgan fingerprint density at radius 3 is 2.50 bits per heavy atom. The van der Waals surface area contributed by atoms with Crippen molar-refractivity contribution in [1.29, 1.82) is 0 Å². The predicted octanol–water partition coefficient (Wildman–Crippen LogP) is 3.49. The van der Waals surface area contributed by atoms with E-state index in [1.807, 2.05) is 12.1 Å². The van der Waals surface area contributed by atoms with Gasteiger partial charge in [0.05, 0.1) is 12.0 Å². The standard InChI is InChI=1S/C15H12BrN3O4S/c1-23-13-7-2-9(8-12(13)19(21)22)14(20)18-15(24)17-11-5-3-10(16)4-6-11/h2-8H,1H3,(H2,17,18,20,24). The smallest absolute Gasteiger partial charge is 0.311 e. The van der Waals surface area contributed by atoms with E-state index in [4.69, 9.17) is 17.0 Å². The molecule has 1 amide bonds. The van der Waals surface area contributed by atoms with Gasteiger partial charge in [-0.05, 0) is 48.6 Å². The highest BCUT2D eigenvalue weighted by atomic mass is 79.9. The molecule has 0 aliphatic rings. The minimum absolute atomic E-state index is 0.0760. The molecule has 0 aliphatic heterocycles. The Hall–Kier alpha value is -2.52. The Bertz CT molecular complexity index is 796. The molecule has 0 aromatic heterocycles. The monoisotopic (exact) mass is 409 g/mol. The first kappa shape index (κ1) is 17.8. The van der Waals surface area contributed by atoms with E-state index in [0.717, 1.165) is 10.5 Å². The molecule has 24 heavy (non-hydrogen) atoms. The minimum atomic E-state index is -0.617. The summed E-state index contributed by atoms with van der Waals surface area (Å²) in [5.74, 6) is -0.484. The number of ether oxygens (including phenoxy) is 1. The maximum atomic E-state index is 12.2. The van der Waals surface area contributed by atoms with Gasteiger partial charge < -0.3 is 10.1 Å². The van der Waals surface area contributed by atoms with Crippen LogP contribution in [0.15, 0.2) is 46.9 Å². The Labute approximate surface area is 151 Å². The van der Waals surface area contributed by atoms with Crippen LogP contribution in [0.2, 0.25) is 0 Å². The molecule has 0 saturated carbocycles. The van der Waals surface area contributed by atoms with Crippen molar-refractivity contribution >= 4 is 50.5 Å². The van der Waals surface area contributed by atoms with Crippen LogP contribution in [-0.2, 0) is 0 Å². The molecule has 9 heteroatoms. The highest BCUT2D eigenvalue weighted by molar-refractivity contribution is 9.10. The van der Waals surface area contributed by atoms with Gasteiger partial charge >= 0.3 is 5.69 Å². The zero-order valence-corrected chi connectivity index (χ0v) is 14.8. The van der Waals surface area contributed by atoms with E-state index in [2.05, 4.69) is 26.6 Å². The number of thiocarbonyl (C=S) groups is 1. The number of nitro groups is 1. The van der Waals surface area contributed by atoms with Gasteiger partial charge in [-0.25, -0.2) is 0 Å². The second-order valence-corrected chi connectivity index (χ2v) is 5.88. The molecule has 2 aromatic carbocycles. The summed E-state index contributed by atoms with van der Waals surface area (Å²) in [6.07, 6.45) is 0. The molecule has 0 spiro atoms. The van der Waals surface area contributed by atoms with Crippen molar-refractivity contribution in [3.05, 3.63) is 62.6 Å². The zero-order chi connectivity index (χ0) is 17.7. The molecule has 0 saturated heterocycles. The summed E-state index contributed by atoms with van der Waals surface area (Å²) < 4.78 is 5.81. The van der Waals surface area contributed by atoms with Crippen molar-refractivity contribution in [1.82, 2.24) is 5.32 Å². The number of anilines is 1. The number of nitrogens with one attached hydrogen (secondary N) is 2. The van der Waals surface area contributed by atoms with Crippen LogP contribution in [-0.4, -0.2) is 23.1 Å².